The Balaban J connectivity index is 1.87. The topological polar surface area (TPSA) is 29.3 Å². The quantitative estimate of drug-likeness (QED) is 0.774. The predicted molar refractivity (Wildman–Crippen MR) is 64.7 cm³/mol. The van der Waals surface area contributed by atoms with Crippen LogP contribution in [0.5, 0.6) is 0 Å². The lowest BCUT2D eigenvalue weighted by Crippen LogP contribution is -2.44. The Hall–Kier alpha value is -0.0800. The Morgan fingerprint density at radius 2 is 1.93 bits per heavy atom. The summed E-state index contributed by atoms with van der Waals surface area (Å²) in [6, 6.07) is 1.24. The van der Waals surface area contributed by atoms with Gasteiger partial charge in [-0.25, -0.2) is 0 Å². The van der Waals surface area contributed by atoms with Crippen LogP contribution < -0.4 is 5.73 Å². The summed E-state index contributed by atoms with van der Waals surface area (Å²) in [5, 5.41) is 0. The highest BCUT2D eigenvalue weighted by Crippen LogP contribution is 2.36. The summed E-state index contributed by atoms with van der Waals surface area (Å²) < 4.78 is 0. The van der Waals surface area contributed by atoms with E-state index >= 15 is 0 Å². The van der Waals surface area contributed by atoms with Gasteiger partial charge < -0.3 is 5.73 Å². The monoisotopic (exact) mass is 210 g/mol. The van der Waals surface area contributed by atoms with E-state index in [-0.39, 0.29) is 0 Å². The molecule has 2 nitrogen and oxygen atoms in total. The molecule has 1 aliphatic carbocycles. The van der Waals surface area contributed by atoms with Crippen molar-refractivity contribution in [3.8, 4) is 0 Å². The van der Waals surface area contributed by atoms with Crippen LogP contribution in [0.4, 0.5) is 0 Å². The maximum Gasteiger partial charge on any atom is 0.0191 e. The summed E-state index contributed by atoms with van der Waals surface area (Å²) in [6.07, 6.45) is 7.23. The lowest BCUT2D eigenvalue weighted by molar-refractivity contribution is 0.165. The summed E-state index contributed by atoms with van der Waals surface area (Å²) in [4.78, 5) is 2.68. The average Bonchev–Trinajstić information content (AvgIpc) is 2.62. The number of rotatable bonds is 3. The molecule has 2 aliphatic rings. The molecule has 3 unspecified atom stereocenters. The zero-order valence-electron chi connectivity index (χ0n) is 10.3. The van der Waals surface area contributed by atoms with E-state index in [2.05, 4.69) is 18.7 Å². The summed E-state index contributed by atoms with van der Waals surface area (Å²) in [6.45, 7) is 6.90. The molecule has 0 bridgehead atoms. The van der Waals surface area contributed by atoms with Crippen LogP contribution in [0.25, 0.3) is 0 Å². The van der Waals surface area contributed by atoms with Gasteiger partial charge in [-0.3, -0.25) is 4.90 Å². The number of likely N-dealkylation sites (tertiary alicyclic amines) is 1. The molecule has 2 fully saturated rings. The Bertz CT molecular complexity index is 203. The number of nitrogens with zero attached hydrogens (tertiary/aromatic N) is 1. The highest BCUT2D eigenvalue weighted by molar-refractivity contribution is 4.91. The molecule has 0 amide bonds. The molecular weight excluding hydrogens is 184 g/mol. The van der Waals surface area contributed by atoms with Gasteiger partial charge >= 0.3 is 0 Å². The van der Waals surface area contributed by atoms with Crippen LogP contribution in [0, 0.1) is 11.8 Å². The van der Waals surface area contributed by atoms with Crippen molar-refractivity contribution < 1.29 is 0 Å². The molecule has 88 valence electrons. The predicted octanol–water partition coefficient (Wildman–Crippen LogP) is 2.23. The third-order valence-corrected chi connectivity index (χ3v) is 4.43. The molecule has 2 N–H and O–H groups in total. The van der Waals surface area contributed by atoms with E-state index in [9.17, 15) is 0 Å². The Kier molecular flexibility index (Phi) is 3.68. The first-order valence-electron chi connectivity index (χ1n) is 6.68. The molecule has 1 saturated carbocycles. The van der Waals surface area contributed by atoms with Crippen molar-refractivity contribution in [1.29, 1.82) is 0 Å². The molecule has 1 saturated heterocycles. The van der Waals surface area contributed by atoms with Gasteiger partial charge in [0.1, 0.15) is 0 Å². The zero-order valence-corrected chi connectivity index (χ0v) is 10.3. The van der Waals surface area contributed by atoms with Gasteiger partial charge in [-0.1, -0.05) is 26.7 Å². The largest absolute Gasteiger partial charge is 0.326 e. The number of hydrogen-bond acceptors (Lipinski definition) is 2. The zero-order chi connectivity index (χ0) is 10.8. The average molecular weight is 210 g/mol. The molecule has 1 heterocycles. The molecule has 0 aromatic rings. The van der Waals surface area contributed by atoms with Gasteiger partial charge in [0, 0.05) is 18.6 Å². The third-order valence-electron chi connectivity index (χ3n) is 4.43. The first-order chi connectivity index (χ1) is 7.18. The standard InChI is InChI=1S/C13H26N2/c1-10(2)12(14)9-15-8-7-11-5-3-4-6-13(11)15/h10-13H,3-9,14H2,1-2H3. The summed E-state index contributed by atoms with van der Waals surface area (Å²) >= 11 is 0. The van der Waals surface area contributed by atoms with Crippen LogP contribution in [0.3, 0.4) is 0 Å². The minimum Gasteiger partial charge on any atom is -0.326 e. The fourth-order valence-corrected chi connectivity index (χ4v) is 3.21. The first-order valence-corrected chi connectivity index (χ1v) is 6.68. The molecular formula is C13H26N2. The number of nitrogens with two attached hydrogens (primary N) is 1. The van der Waals surface area contributed by atoms with Gasteiger partial charge in [-0.2, -0.15) is 0 Å². The molecule has 0 spiro atoms. The molecule has 0 aromatic carbocycles. The van der Waals surface area contributed by atoms with E-state index in [0.717, 1.165) is 18.5 Å². The number of hydrogen-bond donors (Lipinski definition) is 1. The Morgan fingerprint density at radius 3 is 2.67 bits per heavy atom. The maximum absolute atomic E-state index is 6.18. The Labute approximate surface area is 94.2 Å². The summed E-state index contributed by atoms with van der Waals surface area (Å²) in [5.74, 6) is 1.62. The SMILES string of the molecule is CC(C)C(N)CN1CCC2CCCCC21. The lowest BCUT2D eigenvalue weighted by atomic mass is 9.85. The van der Waals surface area contributed by atoms with Crippen molar-refractivity contribution in [3.63, 3.8) is 0 Å². The van der Waals surface area contributed by atoms with Gasteiger partial charge in [0.05, 0.1) is 0 Å². The van der Waals surface area contributed by atoms with Gasteiger partial charge in [-0.05, 0) is 37.6 Å². The summed E-state index contributed by atoms with van der Waals surface area (Å²) in [5.41, 5.74) is 6.18. The molecule has 2 heteroatoms. The van der Waals surface area contributed by atoms with Gasteiger partial charge in [0.25, 0.3) is 0 Å². The van der Waals surface area contributed by atoms with Crippen molar-refractivity contribution in [2.45, 2.75) is 58.0 Å². The lowest BCUT2D eigenvalue weighted by Gasteiger charge is -2.33. The second-order valence-corrected chi connectivity index (χ2v) is 5.80. The highest BCUT2D eigenvalue weighted by atomic mass is 15.2. The molecule has 2 rings (SSSR count). The van der Waals surface area contributed by atoms with Gasteiger partial charge in [0.15, 0.2) is 0 Å². The van der Waals surface area contributed by atoms with Crippen LogP contribution >= 0.6 is 0 Å². The van der Waals surface area contributed by atoms with E-state index in [1.54, 1.807) is 0 Å². The molecule has 0 radical (unpaired) electrons. The van der Waals surface area contributed by atoms with E-state index in [4.69, 9.17) is 5.73 Å². The van der Waals surface area contributed by atoms with Crippen LogP contribution in [-0.2, 0) is 0 Å². The third kappa shape index (κ3) is 2.54. The minimum atomic E-state index is 0.366. The first kappa shape index (κ1) is 11.4. The van der Waals surface area contributed by atoms with Crippen LogP contribution in [0.15, 0.2) is 0 Å². The molecule has 15 heavy (non-hydrogen) atoms. The minimum absolute atomic E-state index is 0.366. The van der Waals surface area contributed by atoms with Crippen molar-refractivity contribution >= 4 is 0 Å². The van der Waals surface area contributed by atoms with E-state index in [0.29, 0.717) is 12.0 Å². The Morgan fingerprint density at radius 1 is 1.20 bits per heavy atom. The van der Waals surface area contributed by atoms with Crippen molar-refractivity contribution in [2.75, 3.05) is 13.1 Å². The second-order valence-electron chi connectivity index (χ2n) is 5.80. The van der Waals surface area contributed by atoms with Crippen LogP contribution in [0.1, 0.15) is 46.0 Å². The van der Waals surface area contributed by atoms with E-state index < -0.39 is 0 Å². The molecule has 0 aromatic heterocycles. The highest BCUT2D eigenvalue weighted by Gasteiger charge is 2.36. The number of fused-ring (bicyclic) bond motifs is 1. The van der Waals surface area contributed by atoms with Crippen molar-refractivity contribution in [1.82, 2.24) is 4.90 Å². The van der Waals surface area contributed by atoms with Crippen molar-refractivity contribution in [2.24, 2.45) is 17.6 Å². The maximum atomic E-state index is 6.18. The van der Waals surface area contributed by atoms with E-state index in [1.807, 2.05) is 0 Å². The second kappa shape index (κ2) is 4.84. The van der Waals surface area contributed by atoms with Crippen LogP contribution in [-0.4, -0.2) is 30.1 Å². The van der Waals surface area contributed by atoms with Gasteiger partial charge in [0.2, 0.25) is 0 Å². The fourth-order valence-electron chi connectivity index (χ4n) is 3.21. The van der Waals surface area contributed by atoms with E-state index in [1.165, 1.54) is 38.6 Å². The van der Waals surface area contributed by atoms with Gasteiger partial charge in [-0.15, -0.1) is 0 Å². The smallest absolute Gasteiger partial charge is 0.0191 e. The normalized spacial score (nSPS) is 34.4. The van der Waals surface area contributed by atoms with Crippen LogP contribution in [0.2, 0.25) is 0 Å². The summed E-state index contributed by atoms with van der Waals surface area (Å²) in [7, 11) is 0. The molecule has 3 atom stereocenters. The van der Waals surface area contributed by atoms with Crippen molar-refractivity contribution in [3.05, 3.63) is 0 Å². The fraction of sp³-hybridized carbons (Fsp3) is 1.00. The molecule has 1 aliphatic heterocycles.